The molecule has 1 fully saturated rings. The minimum atomic E-state index is -0.836. The number of hydrogen-bond acceptors (Lipinski definition) is 6. The van der Waals surface area contributed by atoms with Gasteiger partial charge in [0.05, 0.1) is 31.2 Å². The molecular weight excluding hydrogens is 242 g/mol. The second-order valence-corrected chi connectivity index (χ2v) is 3.85. The van der Waals surface area contributed by atoms with Gasteiger partial charge in [0, 0.05) is 0 Å². The second-order valence-electron chi connectivity index (χ2n) is 3.85. The van der Waals surface area contributed by atoms with Gasteiger partial charge in [0.25, 0.3) is 0 Å². The van der Waals surface area contributed by atoms with Gasteiger partial charge in [-0.1, -0.05) is 6.08 Å². The fourth-order valence-electron chi connectivity index (χ4n) is 2.00. The van der Waals surface area contributed by atoms with E-state index in [1.54, 1.807) is 13.0 Å². The number of likely N-dealkylation sites (tertiary alicyclic amines) is 1. The molecule has 0 bridgehead atoms. The van der Waals surface area contributed by atoms with Crippen molar-refractivity contribution in [1.29, 1.82) is 0 Å². The van der Waals surface area contributed by atoms with Gasteiger partial charge in [0.15, 0.2) is 6.73 Å². The number of methoxy groups -OCH3 is 1. The molecule has 18 heavy (non-hydrogen) atoms. The Morgan fingerprint density at radius 3 is 2.72 bits per heavy atom. The summed E-state index contributed by atoms with van der Waals surface area (Å²) in [6.07, 6.45) is 0.733. The Kier molecular flexibility index (Phi) is 3.22. The summed E-state index contributed by atoms with van der Waals surface area (Å²) in [6.45, 7) is 1.63. The van der Waals surface area contributed by atoms with Crippen LogP contribution in [-0.2, 0) is 23.8 Å². The monoisotopic (exact) mass is 255 g/mol. The summed E-state index contributed by atoms with van der Waals surface area (Å²) >= 11 is 0. The van der Waals surface area contributed by atoms with Gasteiger partial charge in [-0.2, -0.15) is 0 Å². The first-order chi connectivity index (χ1) is 8.60. The van der Waals surface area contributed by atoms with E-state index in [1.807, 2.05) is 0 Å². The average molecular weight is 255 g/mol. The second kappa shape index (κ2) is 4.67. The molecule has 0 spiro atoms. The molecule has 0 aromatic heterocycles. The van der Waals surface area contributed by atoms with Crippen LogP contribution in [0.15, 0.2) is 11.6 Å². The molecular formula is C11H13NO6. The van der Waals surface area contributed by atoms with Crippen LogP contribution in [-0.4, -0.2) is 49.4 Å². The Bertz CT molecular complexity index is 429. The van der Waals surface area contributed by atoms with Gasteiger partial charge in [0.2, 0.25) is 5.91 Å². The highest BCUT2D eigenvalue weighted by atomic mass is 16.7. The molecule has 7 nitrogen and oxygen atoms in total. The van der Waals surface area contributed by atoms with E-state index in [-0.39, 0.29) is 31.2 Å². The number of β-lactam (4-membered cyclic amide) rings is 1. The van der Waals surface area contributed by atoms with E-state index in [4.69, 9.17) is 4.74 Å². The van der Waals surface area contributed by atoms with Gasteiger partial charge in [-0.05, 0) is 6.92 Å². The van der Waals surface area contributed by atoms with E-state index >= 15 is 0 Å². The Morgan fingerprint density at radius 1 is 1.39 bits per heavy atom. The quantitative estimate of drug-likeness (QED) is 0.521. The first kappa shape index (κ1) is 12.4. The highest BCUT2D eigenvalue weighted by Gasteiger charge is 2.56. The van der Waals surface area contributed by atoms with Gasteiger partial charge in [-0.3, -0.25) is 4.79 Å². The van der Waals surface area contributed by atoms with Crippen molar-refractivity contribution in [3.63, 3.8) is 0 Å². The average Bonchev–Trinajstić information content (AvgIpc) is 2.32. The van der Waals surface area contributed by atoms with Crippen LogP contribution in [0, 0.1) is 5.92 Å². The third kappa shape index (κ3) is 1.81. The third-order valence-corrected chi connectivity index (χ3v) is 2.93. The lowest BCUT2D eigenvalue weighted by Gasteiger charge is -2.51. The molecule has 7 heteroatoms. The Morgan fingerprint density at radius 2 is 2.11 bits per heavy atom. The Labute approximate surface area is 103 Å². The maximum atomic E-state index is 11.5. The smallest absolute Gasteiger partial charge is 0.466 e. The van der Waals surface area contributed by atoms with Crippen molar-refractivity contribution in [2.45, 2.75) is 13.0 Å². The van der Waals surface area contributed by atoms with Gasteiger partial charge in [-0.25, -0.2) is 9.59 Å². The van der Waals surface area contributed by atoms with Crippen LogP contribution in [0.1, 0.15) is 6.92 Å². The van der Waals surface area contributed by atoms with Crippen molar-refractivity contribution < 1.29 is 28.6 Å². The van der Waals surface area contributed by atoms with Crippen LogP contribution in [0.4, 0.5) is 4.79 Å². The van der Waals surface area contributed by atoms with Crippen LogP contribution >= 0.6 is 0 Å². The fourth-order valence-corrected chi connectivity index (χ4v) is 2.00. The van der Waals surface area contributed by atoms with Crippen molar-refractivity contribution >= 4 is 18.0 Å². The number of ether oxygens (including phenoxy) is 3. The maximum absolute atomic E-state index is 11.5. The normalized spacial score (nSPS) is 24.2. The molecule has 2 aliphatic rings. The standard InChI is InChI=1S/C11H13NO6/c1-3-17-11(15)18-5-12-8-6(9(12)13)4-7(8)10(14)16-2/h4,6,8H,3,5H2,1-2H3/t6-,8-/m1/s1. The van der Waals surface area contributed by atoms with Crippen molar-refractivity contribution in [3.8, 4) is 0 Å². The lowest BCUT2D eigenvalue weighted by atomic mass is 9.72. The molecule has 0 radical (unpaired) electrons. The molecule has 98 valence electrons. The van der Waals surface area contributed by atoms with E-state index in [9.17, 15) is 14.4 Å². The van der Waals surface area contributed by atoms with Crippen LogP contribution in [0.3, 0.4) is 0 Å². The molecule has 0 N–H and O–H groups in total. The summed E-state index contributed by atoms with van der Waals surface area (Å²) in [4.78, 5) is 35.1. The van der Waals surface area contributed by atoms with Crippen molar-refractivity contribution in [3.05, 3.63) is 11.6 Å². The van der Waals surface area contributed by atoms with E-state index in [0.29, 0.717) is 5.57 Å². The molecule has 1 saturated heterocycles. The van der Waals surface area contributed by atoms with Gasteiger partial charge in [-0.15, -0.1) is 0 Å². The van der Waals surface area contributed by atoms with Crippen molar-refractivity contribution in [2.24, 2.45) is 5.92 Å². The zero-order valence-corrected chi connectivity index (χ0v) is 10.0. The fraction of sp³-hybridized carbons (Fsp3) is 0.545. The molecule has 1 aliphatic carbocycles. The number of carbonyl (C=O) groups excluding carboxylic acids is 3. The summed E-state index contributed by atoms with van der Waals surface area (Å²) in [5.74, 6) is -0.924. The SMILES string of the molecule is CCOC(=O)OCN1C(=O)[C@@H]2C=C(C(=O)OC)[C@@H]21. The highest BCUT2D eigenvalue weighted by molar-refractivity contribution is 6.02. The van der Waals surface area contributed by atoms with Gasteiger partial charge < -0.3 is 19.1 Å². The minimum absolute atomic E-state index is 0.169. The molecule has 0 unspecified atom stereocenters. The lowest BCUT2D eigenvalue weighted by molar-refractivity contribution is -0.163. The summed E-state index contributed by atoms with van der Waals surface area (Å²) in [5, 5.41) is 0. The number of hydrogen-bond donors (Lipinski definition) is 0. The van der Waals surface area contributed by atoms with E-state index in [0.717, 1.165) is 0 Å². The largest absolute Gasteiger partial charge is 0.509 e. The number of amides is 1. The maximum Gasteiger partial charge on any atom is 0.509 e. The minimum Gasteiger partial charge on any atom is -0.466 e. The predicted molar refractivity (Wildman–Crippen MR) is 57.2 cm³/mol. The highest BCUT2D eigenvalue weighted by Crippen LogP contribution is 2.42. The summed E-state index contributed by atoms with van der Waals surface area (Å²) in [6, 6.07) is -0.334. The topological polar surface area (TPSA) is 82.1 Å². The van der Waals surface area contributed by atoms with E-state index < -0.39 is 12.1 Å². The molecule has 0 saturated carbocycles. The zero-order chi connectivity index (χ0) is 13.3. The molecule has 1 heterocycles. The molecule has 0 aromatic rings. The molecule has 2 atom stereocenters. The van der Waals surface area contributed by atoms with Crippen LogP contribution in [0.2, 0.25) is 0 Å². The number of nitrogens with zero attached hydrogens (tertiary/aromatic N) is 1. The predicted octanol–water partition coefficient (Wildman–Crippen LogP) is 0.0570. The molecule has 0 aromatic carbocycles. The van der Waals surface area contributed by atoms with Crippen molar-refractivity contribution in [1.82, 2.24) is 4.90 Å². The Hall–Kier alpha value is -2.05. The number of esters is 1. The van der Waals surface area contributed by atoms with E-state index in [1.165, 1.54) is 12.0 Å². The van der Waals surface area contributed by atoms with Crippen LogP contribution in [0.25, 0.3) is 0 Å². The van der Waals surface area contributed by atoms with Gasteiger partial charge in [0.1, 0.15) is 0 Å². The lowest BCUT2D eigenvalue weighted by Crippen LogP contribution is -2.67. The summed E-state index contributed by atoms with van der Waals surface area (Å²) in [7, 11) is 1.27. The number of fused-ring (bicyclic) bond motifs is 1. The number of carbonyl (C=O) groups is 3. The van der Waals surface area contributed by atoms with Crippen LogP contribution < -0.4 is 0 Å². The van der Waals surface area contributed by atoms with Gasteiger partial charge >= 0.3 is 12.1 Å². The number of rotatable bonds is 4. The summed E-state index contributed by atoms with van der Waals surface area (Å²) in [5.41, 5.74) is 0.426. The molecule has 1 aliphatic heterocycles. The first-order valence-electron chi connectivity index (χ1n) is 5.50. The third-order valence-electron chi connectivity index (χ3n) is 2.93. The van der Waals surface area contributed by atoms with Crippen molar-refractivity contribution in [2.75, 3.05) is 20.4 Å². The Balaban J connectivity index is 1.89. The molecule has 2 rings (SSSR count). The van der Waals surface area contributed by atoms with E-state index in [2.05, 4.69) is 9.47 Å². The zero-order valence-electron chi connectivity index (χ0n) is 10.0. The summed E-state index contributed by atoms with van der Waals surface area (Å²) < 4.78 is 13.9. The first-order valence-corrected chi connectivity index (χ1v) is 5.50. The molecule has 1 amide bonds. The van der Waals surface area contributed by atoms with Crippen LogP contribution in [0.5, 0.6) is 0 Å².